The van der Waals surface area contributed by atoms with Crippen LogP contribution in [-0.2, 0) is 17.9 Å². The van der Waals surface area contributed by atoms with Crippen molar-refractivity contribution < 1.29 is 9.90 Å². The van der Waals surface area contributed by atoms with E-state index in [9.17, 15) is 9.90 Å². The second-order valence-electron chi connectivity index (χ2n) is 7.10. The molecule has 3 N–H and O–H groups in total. The van der Waals surface area contributed by atoms with Gasteiger partial charge in [-0.25, -0.2) is 0 Å². The van der Waals surface area contributed by atoms with E-state index in [0.29, 0.717) is 19.0 Å². The van der Waals surface area contributed by atoms with Gasteiger partial charge in [0.25, 0.3) is 0 Å². The van der Waals surface area contributed by atoms with Gasteiger partial charge in [-0.2, -0.15) is 0 Å². The van der Waals surface area contributed by atoms with Crippen molar-refractivity contribution in [3.05, 3.63) is 35.4 Å². The van der Waals surface area contributed by atoms with Crippen LogP contribution in [0.1, 0.15) is 43.2 Å². The zero-order valence-electron chi connectivity index (χ0n) is 15.2. The Balaban J connectivity index is 0.00000169. The molecule has 0 aromatic heterocycles. The van der Waals surface area contributed by atoms with Crippen molar-refractivity contribution in [1.82, 2.24) is 15.5 Å². The highest BCUT2D eigenvalue weighted by atomic mass is 35.5. The molecule has 1 aromatic carbocycles. The first-order valence-electron chi connectivity index (χ1n) is 9.17. The van der Waals surface area contributed by atoms with Gasteiger partial charge in [-0.05, 0) is 43.4 Å². The minimum Gasteiger partial charge on any atom is -0.393 e. The molecule has 2 aliphatic rings. The van der Waals surface area contributed by atoms with Crippen LogP contribution < -0.4 is 10.6 Å². The fraction of sp³-hybridized carbons (Fsp3) is 0.632. The van der Waals surface area contributed by atoms with E-state index in [-0.39, 0.29) is 36.8 Å². The molecule has 5 nitrogen and oxygen atoms in total. The quantitative estimate of drug-likeness (QED) is 0.681. The number of halogens is 2. The van der Waals surface area contributed by atoms with Gasteiger partial charge >= 0.3 is 0 Å². The minimum atomic E-state index is -0.119. The van der Waals surface area contributed by atoms with Gasteiger partial charge in [0.2, 0.25) is 5.91 Å². The summed E-state index contributed by atoms with van der Waals surface area (Å²) in [5.74, 6) is 0.130. The summed E-state index contributed by atoms with van der Waals surface area (Å²) in [5.41, 5.74) is 2.43. The van der Waals surface area contributed by atoms with Gasteiger partial charge in [0.05, 0.1) is 6.10 Å². The van der Waals surface area contributed by atoms with Crippen molar-refractivity contribution in [1.29, 1.82) is 0 Å². The SMILES string of the molecule is Cl.Cl.O=C(CC1CCCN1)NCc1ccc(CN2CCC(O)CC2)cc1. The molecule has 1 atom stereocenters. The molecule has 1 unspecified atom stereocenters. The number of amides is 1. The van der Waals surface area contributed by atoms with Crippen LogP contribution in [0.25, 0.3) is 0 Å². The summed E-state index contributed by atoms with van der Waals surface area (Å²) in [7, 11) is 0. The molecule has 0 spiro atoms. The van der Waals surface area contributed by atoms with Crippen LogP contribution >= 0.6 is 24.8 Å². The fourth-order valence-electron chi connectivity index (χ4n) is 3.53. The predicted octanol–water partition coefficient (Wildman–Crippen LogP) is 2.25. The Morgan fingerprint density at radius 3 is 2.38 bits per heavy atom. The number of benzene rings is 1. The first-order valence-corrected chi connectivity index (χ1v) is 9.17. The molecular weight excluding hydrogens is 373 g/mol. The molecule has 2 saturated heterocycles. The summed E-state index contributed by atoms with van der Waals surface area (Å²) in [5, 5.41) is 15.9. The molecule has 3 rings (SSSR count). The van der Waals surface area contributed by atoms with Crippen molar-refractivity contribution in [2.75, 3.05) is 19.6 Å². The number of hydrogen-bond acceptors (Lipinski definition) is 4. The van der Waals surface area contributed by atoms with Gasteiger partial charge in [0.15, 0.2) is 0 Å². The molecule has 2 heterocycles. The summed E-state index contributed by atoms with van der Waals surface area (Å²) >= 11 is 0. The summed E-state index contributed by atoms with van der Waals surface area (Å²) < 4.78 is 0. The van der Waals surface area contributed by atoms with Gasteiger partial charge in [0, 0.05) is 38.6 Å². The monoisotopic (exact) mass is 403 g/mol. The molecule has 0 saturated carbocycles. The zero-order valence-corrected chi connectivity index (χ0v) is 16.8. The summed E-state index contributed by atoms with van der Waals surface area (Å²) in [6, 6.07) is 8.84. The van der Waals surface area contributed by atoms with Gasteiger partial charge < -0.3 is 15.7 Å². The topological polar surface area (TPSA) is 64.6 Å². The lowest BCUT2D eigenvalue weighted by atomic mass is 10.1. The van der Waals surface area contributed by atoms with Crippen LogP contribution in [-0.4, -0.2) is 47.7 Å². The molecule has 26 heavy (non-hydrogen) atoms. The standard InChI is InChI=1S/C19H29N3O2.2ClH/c23-18-7-10-22(11-8-18)14-16-5-3-15(4-6-16)13-21-19(24)12-17-2-1-9-20-17;;/h3-6,17-18,20,23H,1-2,7-14H2,(H,21,24);2*1H. The summed E-state index contributed by atoms with van der Waals surface area (Å²) in [6.45, 7) is 4.51. The maximum atomic E-state index is 12.0. The number of likely N-dealkylation sites (tertiary alicyclic amines) is 1. The van der Waals surface area contributed by atoms with Gasteiger partial charge in [-0.15, -0.1) is 24.8 Å². The van der Waals surface area contributed by atoms with E-state index in [1.165, 1.54) is 12.0 Å². The number of nitrogens with zero attached hydrogens (tertiary/aromatic N) is 1. The first kappa shape index (κ1) is 23.2. The van der Waals surface area contributed by atoms with Crippen LogP contribution in [0, 0.1) is 0 Å². The average molecular weight is 404 g/mol. The minimum absolute atomic E-state index is 0. The van der Waals surface area contributed by atoms with Crippen LogP contribution in [0.15, 0.2) is 24.3 Å². The lowest BCUT2D eigenvalue weighted by Gasteiger charge is -2.29. The lowest BCUT2D eigenvalue weighted by Crippen LogP contribution is -2.35. The van der Waals surface area contributed by atoms with Crippen LogP contribution in [0.5, 0.6) is 0 Å². The van der Waals surface area contributed by atoms with Gasteiger partial charge in [0.1, 0.15) is 0 Å². The second-order valence-corrected chi connectivity index (χ2v) is 7.10. The van der Waals surface area contributed by atoms with E-state index in [2.05, 4.69) is 39.8 Å². The highest BCUT2D eigenvalue weighted by Crippen LogP contribution is 2.14. The number of hydrogen-bond donors (Lipinski definition) is 3. The van der Waals surface area contributed by atoms with Crippen LogP contribution in [0.4, 0.5) is 0 Å². The average Bonchev–Trinajstić information content (AvgIpc) is 3.09. The molecule has 2 fully saturated rings. The van der Waals surface area contributed by atoms with Gasteiger partial charge in [-0.3, -0.25) is 9.69 Å². The Kier molecular flexibility index (Phi) is 10.5. The third-order valence-corrected chi connectivity index (χ3v) is 5.07. The van der Waals surface area contributed by atoms with Crippen LogP contribution in [0.2, 0.25) is 0 Å². The third kappa shape index (κ3) is 7.41. The molecule has 0 radical (unpaired) electrons. The molecule has 1 amide bonds. The number of aliphatic hydroxyl groups excluding tert-OH is 1. The molecule has 148 valence electrons. The highest BCUT2D eigenvalue weighted by Gasteiger charge is 2.18. The van der Waals surface area contributed by atoms with E-state index >= 15 is 0 Å². The molecule has 1 aromatic rings. The maximum Gasteiger partial charge on any atom is 0.221 e. The van der Waals surface area contributed by atoms with Crippen molar-refractivity contribution in [2.24, 2.45) is 0 Å². The normalized spacial score (nSPS) is 20.9. The van der Waals surface area contributed by atoms with E-state index < -0.39 is 0 Å². The fourth-order valence-corrected chi connectivity index (χ4v) is 3.53. The van der Waals surface area contributed by atoms with Gasteiger partial charge in [-0.1, -0.05) is 24.3 Å². The van der Waals surface area contributed by atoms with Crippen molar-refractivity contribution in [3.63, 3.8) is 0 Å². The van der Waals surface area contributed by atoms with E-state index in [0.717, 1.165) is 51.0 Å². The van der Waals surface area contributed by atoms with Crippen LogP contribution in [0.3, 0.4) is 0 Å². The molecular formula is C19H31Cl2N3O2. The molecule has 2 aliphatic heterocycles. The van der Waals surface area contributed by atoms with Crippen molar-refractivity contribution >= 4 is 30.7 Å². The summed E-state index contributed by atoms with van der Waals surface area (Å²) in [6.07, 6.45) is 4.50. The Morgan fingerprint density at radius 1 is 1.12 bits per heavy atom. The number of piperidine rings is 1. The molecule has 0 aliphatic carbocycles. The lowest BCUT2D eigenvalue weighted by molar-refractivity contribution is -0.121. The predicted molar refractivity (Wildman–Crippen MR) is 109 cm³/mol. The largest absolute Gasteiger partial charge is 0.393 e. The number of aliphatic hydroxyl groups is 1. The number of carbonyl (C=O) groups excluding carboxylic acids is 1. The van der Waals surface area contributed by atoms with Crippen molar-refractivity contribution in [2.45, 2.75) is 57.3 Å². The number of rotatable bonds is 6. The Bertz CT molecular complexity index is 528. The third-order valence-electron chi connectivity index (χ3n) is 5.07. The van der Waals surface area contributed by atoms with E-state index in [1.54, 1.807) is 0 Å². The maximum absolute atomic E-state index is 12.0. The Labute approximate surface area is 168 Å². The number of carbonyl (C=O) groups is 1. The van der Waals surface area contributed by atoms with E-state index in [1.807, 2.05) is 0 Å². The Morgan fingerprint density at radius 2 is 1.77 bits per heavy atom. The van der Waals surface area contributed by atoms with E-state index in [4.69, 9.17) is 0 Å². The first-order chi connectivity index (χ1) is 11.7. The zero-order chi connectivity index (χ0) is 16.8. The summed E-state index contributed by atoms with van der Waals surface area (Å²) in [4.78, 5) is 14.3. The smallest absolute Gasteiger partial charge is 0.221 e. The molecule has 0 bridgehead atoms. The number of nitrogens with one attached hydrogen (secondary N) is 2. The highest BCUT2D eigenvalue weighted by molar-refractivity contribution is 5.85. The molecule has 7 heteroatoms. The second kappa shape index (κ2) is 11.8. The Hall–Kier alpha value is -0.850. The van der Waals surface area contributed by atoms with Crippen molar-refractivity contribution in [3.8, 4) is 0 Å².